The number of hydrogen-bond donors (Lipinski definition) is 1. The van der Waals surface area contributed by atoms with Crippen molar-refractivity contribution in [3.8, 4) is 22.8 Å². The molecular weight excluding hydrogens is 318 g/mol. The molecule has 2 heterocycles. The Morgan fingerprint density at radius 3 is 2.56 bits per heavy atom. The molecule has 0 aliphatic carbocycles. The largest absolute Gasteiger partial charge is 0.493 e. The molecule has 0 spiro atoms. The van der Waals surface area contributed by atoms with Gasteiger partial charge in [0.05, 0.1) is 20.8 Å². The zero-order valence-electron chi connectivity index (χ0n) is 15.0. The highest BCUT2D eigenvalue weighted by molar-refractivity contribution is 5.78. The second-order valence-corrected chi connectivity index (χ2v) is 5.73. The lowest BCUT2D eigenvalue weighted by atomic mass is 10.1. The highest BCUT2D eigenvalue weighted by Crippen LogP contribution is 2.35. The van der Waals surface area contributed by atoms with Crippen molar-refractivity contribution < 1.29 is 14.2 Å². The lowest BCUT2D eigenvalue weighted by molar-refractivity contribution is 0.210. The summed E-state index contributed by atoms with van der Waals surface area (Å²) in [6.45, 7) is 3.37. The van der Waals surface area contributed by atoms with Crippen molar-refractivity contribution in [1.82, 2.24) is 9.38 Å². The average Bonchev–Trinajstić information content (AvgIpc) is 2.99. The summed E-state index contributed by atoms with van der Waals surface area (Å²) in [4.78, 5) is 4.80. The quantitative estimate of drug-likeness (QED) is 0.668. The van der Waals surface area contributed by atoms with E-state index in [9.17, 15) is 0 Å². The summed E-state index contributed by atoms with van der Waals surface area (Å²) in [6, 6.07) is 9.88. The van der Waals surface area contributed by atoms with Crippen LogP contribution in [0.4, 0.5) is 5.82 Å². The molecule has 2 aromatic heterocycles. The number of methoxy groups -OCH3 is 3. The molecule has 0 unspecified atom stereocenters. The van der Waals surface area contributed by atoms with Crippen LogP contribution >= 0.6 is 0 Å². The van der Waals surface area contributed by atoms with Gasteiger partial charge in [0, 0.05) is 25.4 Å². The standard InChI is InChI=1S/C19H23N3O3/c1-13-5-8-17-21-18(19(22(17)12-13)20-9-10-23-2)14-6-7-15(24-3)16(11-14)25-4/h5-8,11-12,20H,9-10H2,1-4H3. The summed E-state index contributed by atoms with van der Waals surface area (Å²) in [6.07, 6.45) is 2.07. The van der Waals surface area contributed by atoms with Gasteiger partial charge in [0.1, 0.15) is 17.2 Å². The summed E-state index contributed by atoms with van der Waals surface area (Å²) in [5.74, 6) is 2.30. The van der Waals surface area contributed by atoms with Crippen LogP contribution in [0.3, 0.4) is 0 Å². The number of anilines is 1. The molecule has 0 radical (unpaired) electrons. The van der Waals surface area contributed by atoms with E-state index in [0.717, 1.165) is 22.7 Å². The number of rotatable bonds is 7. The summed E-state index contributed by atoms with van der Waals surface area (Å²) in [5.41, 5.74) is 3.87. The molecule has 0 fully saturated rings. The van der Waals surface area contributed by atoms with Crippen molar-refractivity contribution in [3.05, 3.63) is 42.1 Å². The lowest BCUT2D eigenvalue weighted by Gasteiger charge is -2.11. The minimum Gasteiger partial charge on any atom is -0.493 e. The molecule has 6 heteroatoms. The van der Waals surface area contributed by atoms with Gasteiger partial charge in [-0.3, -0.25) is 4.40 Å². The molecule has 3 rings (SSSR count). The summed E-state index contributed by atoms with van der Waals surface area (Å²) in [5, 5.41) is 3.43. The minimum atomic E-state index is 0.615. The fraction of sp³-hybridized carbons (Fsp3) is 0.316. The Labute approximate surface area is 147 Å². The smallest absolute Gasteiger partial charge is 0.161 e. The molecule has 0 atom stereocenters. The van der Waals surface area contributed by atoms with Gasteiger partial charge in [-0.15, -0.1) is 0 Å². The first-order valence-electron chi connectivity index (χ1n) is 8.12. The molecule has 0 amide bonds. The van der Waals surface area contributed by atoms with E-state index < -0.39 is 0 Å². The maximum Gasteiger partial charge on any atom is 0.161 e. The number of fused-ring (bicyclic) bond motifs is 1. The van der Waals surface area contributed by atoms with E-state index in [1.165, 1.54) is 5.56 Å². The Balaban J connectivity index is 2.12. The van der Waals surface area contributed by atoms with Crippen molar-refractivity contribution in [3.63, 3.8) is 0 Å². The first-order chi connectivity index (χ1) is 12.2. The van der Waals surface area contributed by atoms with Gasteiger partial charge in [-0.2, -0.15) is 0 Å². The molecule has 132 valence electrons. The van der Waals surface area contributed by atoms with Crippen molar-refractivity contribution in [2.75, 3.05) is 39.8 Å². The molecule has 1 N–H and O–H groups in total. The normalized spacial score (nSPS) is 10.9. The molecule has 0 aliphatic rings. The van der Waals surface area contributed by atoms with Gasteiger partial charge in [0.25, 0.3) is 0 Å². The first-order valence-corrected chi connectivity index (χ1v) is 8.12. The molecule has 0 saturated heterocycles. The number of aromatic nitrogens is 2. The number of aryl methyl sites for hydroxylation is 1. The number of imidazole rings is 1. The topological polar surface area (TPSA) is 57.0 Å². The number of nitrogens with one attached hydrogen (secondary N) is 1. The van der Waals surface area contributed by atoms with E-state index in [4.69, 9.17) is 19.2 Å². The Morgan fingerprint density at radius 2 is 1.84 bits per heavy atom. The Hall–Kier alpha value is -2.73. The van der Waals surface area contributed by atoms with Gasteiger partial charge in [-0.05, 0) is 36.8 Å². The maximum atomic E-state index is 5.43. The summed E-state index contributed by atoms with van der Waals surface area (Å²) >= 11 is 0. The van der Waals surface area contributed by atoms with Crippen molar-refractivity contribution in [1.29, 1.82) is 0 Å². The second kappa shape index (κ2) is 7.44. The van der Waals surface area contributed by atoms with Gasteiger partial charge in [0.15, 0.2) is 11.5 Å². The van der Waals surface area contributed by atoms with Crippen LogP contribution in [-0.2, 0) is 4.74 Å². The Morgan fingerprint density at radius 1 is 1.04 bits per heavy atom. The van der Waals surface area contributed by atoms with Crippen molar-refractivity contribution in [2.24, 2.45) is 0 Å². The van der Waals surface area contributed by atoms with Crippen LogP contribution in [0.15, 0.2) is 36.5 Å². The Kier molecular flexibility index (Phi) is 5.09. The average molecular weight is 341 g/mol. The zero-order chi connectivity index (χ0) is 17.8. The molecular formula is C19H23N3O3. The predicted octanol–water partition coefficient (Wildman–Crippen LogP) is 3.39. The third-order valence-corrected chi connectivity index (χ3v) is 4.02. The van der Waals surface area contributed by atoms with Gasteiger partial charge in [0.2, 0.25) is 0 Å². The molecule has 1 aromatic carbocycles. The van der Waals surface area contributed by atoms with E-state index in [1.807, 2.05) is 24.3 Å². The van der Waals surface area contributed by atoms with E-state index in [2.05, 4.69) is 28.9 Å². The van der Waals surface area contributed by atoms with Crippen LogP contribution in [0, 0.1) is 6.92 Å². The van der Waals surface area contributed by atoms with E-state index in [1.54, 1.807) is 21.3 Å². The highest BCUT2D eigenvalue weighted by Gasteiger charge is 2.16. The van der Waals surface area contributed by atoms with Crippen molar-refractivity contribution >= 4 is 11.5 Å². The molecule has 0 bridgehead atoms. The van der Waals surface area contributed by atoms with E-state index in [-0.39, 0.29) is 0 Å². The fourth-order valence-corrected chi connectivity index (χ4v) is 2.78. The molecule has 0 saturated carbocycles. The van der Waals surface area contributed by atoms with Crippen molar-refractivity contribution in [2.45, 2.75) is 6.92 Å². The third-order valence-electron chi connectivity index (χ3n) is 4.02. The van der Waals surface area contributed by atoms with E-state index >= 15 is 0 Å². The maximum absolute atomic E-state index is 5.43. The first kappa shape index (κ1) is 17.1. The zero-order valence-corrected chi connectivity index (χ0v) is 15.0. The predicted molar refractivity (Wildman–Crippen MR) is 98.8 cm³/mol. The number of pyridine rings is 1. The van der Waals surface area contributed by atoms with Crippen LogP contribution in [0.5, 0.6) is 11.5 Å². The van der Waals surface area contributed by atoms with Crippen LogP contribution in [-0.4, -0.2) is 43.9 Å². The van der Waals surface area contributed by atoms with Crippen LogP contribution in [0.25, 0.3) is 16.9 Å². The molecule has 0 aliphatic heterocycles. The summed E-state index contributed by atoms with van der Waals surface area (Å²) < 4.78 is 18.0. The van der Waals surface area contributed by atoms with Gasteiger partial charge < -0.3 is 19.5 Å². The molecule has 25 heavy (non-hydrogen) atoms. The van der Waals surface area contributed by atoms with Crippen LogP contribution in [0.2, 0.25) is 0 Å². The van der Waals surface area contributed by atoms with E-state index in [0.29, 0.717) is 24.7 Å². The SMILES string of the molecule is COCCNc1c(-c2ccc(OC)c(OC)c2)nc2ccc(C)cn12. The highest BCUT2D eigenvalue weighted by atomic mass is 16.5. The second-order valence-electron chi connectivity index (χ2n) is 5.73. The Bertz CT molecular complexity index is 874. The van der Waals surface area contributed by atoms with Crippen LogP contribution in [0.1, 0.15) is 5.56 Å². The fourth-order valence-electron chi connectivity index (χ4n) is 2.78. The van der Waals surface area contributed by atoms with Gasteiger partial charge in [-0.25, -0.2) is 4.98 Å². The third kappa shape index (κ3) is 3.39. The number of nitrogens with zero attached hydrogens (tertiary/aromatic N) is 2. The number of hydrogen-bond acceptors (Lipinski definition) is 5. The number of ether oxygens (including phenoxy) is 3. The van der Waals surface area contributed by atoms with Gasteiger partial charge >= 0.3 is 0 Å². The molecule has 3 aromatic rings. The monoisotopic (exact) mass is 341 g/mol. The number of benzene rings is 1. The van der Waals surface area contributed by atoms with Crippen LogP contribution < -0.4 is 14.8 Å². The summed E-state index contributed by atoms with van der Waals surface area (Å²) in [7, 11) is 4.95. The minimum absolute atomic E-state index is 0.615. The molecule has 6 nitrogen and oxygen atoms in total. The lowest BCUT2D eigenvalue weighted by Crippen LogP contribution is -2.10. The van der Waals surface area contributed by atoms with Gasteiger partial charge in [-0.1, -0.05) is 6.07 Å².